The molecule has 4 rings (SSSR count). The van der Waals surface area contributed by atoms with E-state index in [0.29, 0.717) is 17.6 Å². The van der Waals surface area contributed by atoms with Crippen LogP contribution in [0.3, 0.4) is 0 Å². The van der Waals surface area contributed by atoms with Crippen molar-refractivity contribution in [2.45, 2.75) is 104 Å². The van der Waals surface area contributed by atoms with Gasteiger partial charge in [-0.3, -0.25) is 9.59 Å². The smallest absolute Gasteiger partial charge is 0.333 e. The predicted molar refractivity (Wildman–Crippen MR) is 144 cm³/mol. The number of hydrogen-bond acceptors (Lipinski definition) is 8. The van der Waals surface area contributed by atoms with Crippen LogP contribution in [0.25, 0.3) is 0 Å². The van der Waals surface area contributed by atoms with Gasteiger partial charge in [0.05, 0.1) is 5.41 Å². The predicted octanol–water partition coefficient (Wildman–Crippen LogP) is 3.58. The molecule has 0 aromatic carbocycles. The summed E-state index contributed by atoms with van der Waals surface area (Å²) in [6.45, 7) is 12.4. The zero-order chi connectivity index (χ0) is 29.1. The van der Waals surface area contributed by atoms with E-state index >= 15 is 0 Å². The maximum atomic E-state index is 14.6. The van der Waals surface area contributed by atoms with Gasteiger partial charge >= 0.3 is 11.9 Å². The summed E-state index contributed by atoms with van der Waals surface area (Å²) < 4.78 is 11.7. The number of ether oxygens (including phenoxy) is 2. The summed E-state index contributed by atoms with van der Waals surface area (Å²) in [6.07, 6.45) is 4.84. The highest BCUT2D eigenvalue weighted by Gasteiger charge is 2.83. The molecule has 0 aromatic heterocycles. The van der Waals surface area contributed by atoms with Crippen molar-refractivity contribution in [2.75, 3.05) is 6.61 Å². The molecule has 39 heavy (non-hydrogen) atoms. The standard InChI is InChI=1S/C31H44O8/c1-8-10-11-12-22(32)39-30-15-19(5)29-14-18(4)24(33)31(29,37)25(34)20(16-38-27(36)17(3)9-2)13-21(26(29)35)23(30)28(30,6)7/h9,13-14,19,21,23-25,33-34,37H,8,10-12,15-16H2,1-7H3/b17-9+/t19-,21+,23-,24+,25-,29+,30+,31-/m1/s1. The summed E-state index contributed by atoms with van der Waals surface area (Å²) in [5.74, 6) is -3.02. The average molecular weight is 545 g/mol. The highest BCUT2D eigenvalue weighted by atomic mass is 16.6. The fourth-order valence-corrected chi connectivity index (χ4v) is 7.87. The van der Waals surface area contributed by atoms with Crippen LogP contribution in [-0.2, 0) is 23.9 Å². The van der Waals surface area contributed by atoms with Gasteiger partial charge in [-0.2, -0.15) is 0 Å². The van der Waals surface area contributed by atoms with Crippen molar-refractivity contribution >= 4 is 17.7 Å². The quantitative estimate of drug-likeness (QED) is 0.183. The van der Waals surface area contributed by atoms with Gasteiger partial charge in [-0.15, -0.1) is 0 Å². The molecule has 216 valence electrons. The van der Waals surface area contributed by atoms with Crippen LogP contribution in [-0.4, -0.2) is 63.1 Å². The number of fused-ring (bicyclic) bond motifs is 3. The molecule has 8 atom stereocenters. The number of carbonyl (C=O) groups excluding carboxylic acids is 3. The Morgan fingerprint density at radius 1 is 1.18 bits per heavy atom. The highest BCUT2D eigenvalue weighted by Crippen LogP contribution is 2.75. The second-order valence-electron chi connectivity index (χ2n) is 12.7. The second kappa shape index (κ2) is 9.96. The number of aliphatic hydroxyl groups excluding tert-OH is 2. The minimum atomic E-state index is -2.27. The van der Waals surface area contributed by atoms with Crippen LogP contribution in [0.4, 0.5) is 0 Å². The molecule has 4 aliphatic rings. The van der Waals surface area contributed by atoms with E-state index in [2.05, 4.69) is 6.92 Å². The Bertz CT molecular complexity index is 1150. The minimum absolute atomic E-state index is 0.150. The molecule has 0 aromatic rings. The van der Waals surface area contributed by atoms with Gasteiger partial charge in [0.15, 0.2) is 5.78 Å². The fraction of sp³-hybridized carbons (Fsp3) is 0.710. The monoisotopic (exact) mass is 544 g/mol. The molecule has 2 fully saturated rings. The van der Waals surface area contributed by atoms with Crippen LogP contribution >= 0.6 is 0 Å². The van der Waals surface area contributed by atoms with Crippen LogP contribution in [0.2, 0.25) is 0 Å². The lowest BCUT2D eigenvalue weighted by Gasteiger charge is -2.48. The molecule has 0 heterocycles. The molecule has 3 N–H and O–H groups in total. The lowest BCUT2D eigenvalue weighted by atomic mass is 9.59. The van der Waals surface area contributed by atoms with Crippen molar-refractivity contribution in [3.05, 3.63) is 34.9 Å². The molecule has 0 amide bonds. The summed E-state index contributed by atoms with van der Waals surface area (Å²) in [5.41, 5.74) is -4.47. The van der Waals surface area contributed by atoms with Gasteiger partial charge in [0.25, 0.3) is 0 Å². The van der Waals surface area contributed by atoms with E-state index in [-0.39, 0.29) is 30.4 Å². The average Bonchev–Trinajstić information content (AvgIpc) is 3.29. The third-order valence-electron chi connectivity index (χ3n) is 10.3. The van der Waals surface area contributed by atoms with Gasteiger partial charge in [-0.25, -0.2) is 4.79 Å². The highest BCUT2D eigenvalue weighted by molar-refractivity contribution is 5.96. The Labute approximate surface area is 231 Å². The first-order valence-electron chi connectivity index (χ1n) is 14.2. The van der Waals surface area contributed by atoms with Crippen LogP contribution < -0.4 is 0 Å². The number of rotatable bonds is 8. The van der Waals surface area contributed by atoms with E-state index in [4.69, 9.17) is 9.47 Å². The number of carbonyl (C=O) groups is 3. The number of aliphatic hydroxyl groups is 3. The summed E-state index contributed by atoms with van der Waals surface area (Å²) in [5, 5.41) is 35.1. The van der Waals surface area contributed by atoms with E-state index in [9.17, 15) is 29.7 Å². The third-order valence-corrected chi connectivity index (χ3v) is 10.3. The van der Waals surface area contributed by atoms with Gasteiger partial charge in [-0.05, 0) is 50.7 Å². The molecular weight excluding hydrogens is 500 g/mol. The molecule has 0 unspecified atom stereocenters. The number of esters is 2. The summed E-state index contributed by atoms with van der Waals surface area (Å²) >= 11 is 0. The normalized spacial score (nSPS) is 40.4. The summed E-state index contributed by atoms with van der Waals surface area (Å²) in [6, 6.07) is 0. The van der Waals surface area contributed by atoms with E-state index in [1.54, 1.807) is 39.0 Å². The number of unbranched alkanes of at least 4 members (excludes halogenated alkanes) is 2. The third kappa shape index (κ3) is 4.00. The topological polar surface area (TPSA) is 130 Å². The van der Waals surface area contributed by atoms with E-state index in [1.165, 1.54) is 0 Å². The molecule has 4 aliphatic carbocycles. The molecule has 8 nitrogen and oxygen atoms in total. The number of ketones is 1. The van der Waals surface area contributed by atoms with Gasteiger partial charge in [0.2, 0.25) is 0 Å². The Hall–Kier alpha value is -2.29. The van der Waals surface area contributed by atoms with Gasteiger partial charge < -0.3 is 24.8 Å². The minimum Gasteiger partial charge on any atom is -0.458 e. The molecule has 0 aliphatic heterocycles. The maximum absolute atomic E-state index is 14.6. The first-order chi connectivity index (χ1) is 18.2. The fourth-order valence-electron chi connectivity index (χ4n) is 7.87. The van der Waals surface area contributed by atoms with Crippen molar-refractivity contribution in [3.63, 3.8) is 0 Å². The molecule has 2 bridgehead atoms. The summed E-state index contributed by atoms with van der Waals surface area (Å²) in [7, 11) is 0. The van der Waals surface area contributed by atoms with Crippen molar-refractivity contribution in [3.8, 4) is 0 Å². The van der Waals surface area contributed by atoms with Crippen LogP contribution in [0.1, 0.15) is 80.6 Å². The van der Waals surface area contributed by atoms with Crippen molar-refractivity contribution < 1.29 is 39.2 Å². The van der Waals surface area contributed by atoms with Gasteiger partial charge in [-0.1, -0.05) is 58.8 Å². The van der Waals surface area contributed by atoms with E-state index in [1.807, 2.05) is 20.8 Å². The van der Waals surface area contributed by atoms with E-state index < -0.39 is 58.0 Å². The Kier molecular flexibility index (Phi) is 7.58. The lowest BCUT2D eigenvalue weighted by Crippen LogP contribution is -2.65. The summed E-state index contributed by atoms with van der Waals surface area (Å²) in [4.78, 5) is 40.0. The molecule has 0 saturated heterocycles. The Morgan fingerprint density at radius 3 is 2.46 bits per heavy atom. The zero-order valence-electron chi connectivity index (χ0n) is 24.2. The number of Topliss-reactive ketones (excluding diaryl/α,β-unsaturated/α-hetero) is 1. The van der Waals surface area contributed by atoms with Crippen molar-refractivity contribution in [1.29, 1.82) is 0 Å². The second-order valence-corrected chi connectivity index (χ2v) is 12.7. The molecule has 8 heteroatoms. The molecule has 0 radical (unpaired) electrons. The van der Waals surface area contributed by atoms with Crippen LogP contribution in [0, 0.1) is 28.6 Å². The molecular formula is C31H44O8. The Balaban J connectivity index is 1.82. The first-order valence-corrected chi connectivity index (χ1v) is 14.2. The van der Waals surface area contributed by atoms with Crippen LogP contribution in [0.5, 0.6) is 0 Å². The molecule has 1 spiro atoms. The number of hydrogen-bond donors (Lipinski definition) is 3. The van der Waals surface area contributed by atoms with Gasteiger partial charge in [0, 0.05) is 29.2 Å². The lowest BCUT2D eigenvalue weighted by molar-refractivity contribution is -0.192. The van der Waals surface area contributed by atoms with Crippen LogP contribution in [0.15, 0.2) is 34.9 Å². The molecule has 2 saturated carbocycles. The SMILES string of the molecule is C/C=C(\C)C(=O)OCC1=C[C@@H]2C(=O)[C@]3(C=C(C)[C@H](O)[C@@]3(O)[C@@H]1O)[C@H](C)C[C@]1(OC(=O)CCCCC)[C@H]2C1(C)C. The number of allylic oxidation sites excluding steroid dienone is 2. The van der Waals surface area contributed by atoms with E-state index in [0.717, 1.165) is 19.3 Å². The first kappa shape index (κ1) is 29.7. The van der Waals surface area contributed by atoms with Crippen molar-refractivity contribution in [2.24, 2.45) is 28.6 Å². The maximum Gasteiger partial charge on any atom is 0.333 e. The largest absolute Gasteiger partial charge is 0.458 e. The van der Waals surface area contributed by atoms with Crippen molar-refractivity contribution in [1.82, 2.24) is 0 Å². The Morgan fingerprint density at radius 2 is 1.85 bits per heavy atom. The van der Waals surface area contributed by atoms with Gasteiger partial charge in [0.1, 0.15) is 30.0 Å². The zero-order valence-corrected chi connectivity index (χ0v) is 24.2.